The minimum Gasteiger partial charge on any atom is -0.381 e. The first-order valence-corrected chi connectivity index (χ1v) is 5.21. The van der Waals surface area contributed by atoms with E-state index < -0.39 is 6.29 Å². The van der Waals surface area contributed by atoms with Crippen LogP contribution in [0.25, 0.3) is 0 Å². The van der Waals surface area contributed by atoms with Gasteiger partial charge >= 0.3 is 0 Å². The largest absolute Gasteiger partial charge is 0.381 e. The third kappa shape index (κ3) is 11.9. The lowest BCUT2D eigenvalue weighted by molar-refractivity contribution is -0.0465. The Morgan fingerprint density at radius 3 is 2.08 bits per heavy atom. The third-order valence-corrected chi connectivity index (χ3v) is 1.89. The van der Waals surface area contributed by atoms with Crippen LogP contribution in [0.2, 0.25) is 0 Å². The van der Waals surface area contributed by atoms with Crippen LogP contribution in [-0.2, 0) is 4.74 Å². The zero-order valence-corrected chi connectivity index (χ0v) is 8.54. The molecule has 3 nitrogen and oxygen atoms in total. The monoisotopic (exact) mass is 190 g/mol. The molecule has 0 aromatic rings. The first kappa shape index (κ1) is 12.9. The van der Waals surface area contributed by atoms with Gasteiger partial charge in [-0.05, 0) is 25.7 Å². The predicted octanol–water partition coefficient (Wildman–Crippen LogP) is 1.67. The second-order valence-corrected chi connectivity index (χ2v) is 3.30. The molecule has 2 N–H and O–H groups in total. The first-order valence-electron chi connectivity index (χ1n) is 5.21. The predicted molar refractivity (Wildman–Crippen MR) is 52.4 cm³/mol. The van der Waals surface area contributed by atoms with Crippen LogP contribution in [0.1, 0.15) is 45.4 Å². The summed E-state index contributed by atoms with van der Waals surface area (Å²) in [6, 6.07) is 0. The van der Waals surface area contributed by atoms with Gasteiger partial charge in [0.25, 0.3) is 0 Å². The number of aliphatic hydroxyl groups is 2. The van der Waals surface area contributed by atoms with Gasteiger partial charge in [-0.2, -0.15) is 0 Å². The van der Waals surface area contributed by atoms with Crippen LogP contribution in [0, 0.1) is 0 Å². The van der Waals surface area contributed by atoms with Crippen molar-refractivity contribution < 1.29 is 14.9 Å². The molecule has 0 aliphatic carbocycles. The summed E-state index contributed by atoms with van der Waals surface area (Å²) in [6.45, 7) is 4.09. The van der Waals surface area contributed by atoms with Gasteiger partial charge in [-0.25, -0.2) is 0 Å². The van der Waals surface area contributed by atoms with Gasteiger partial charge in [0.15, 0.2) is 6.29 Å². The van der Waals surface area contributed by atoms with Gasteiger partial charge in [-0.15, -0.1) is 0 Å². The Hall–Kier alpha value is -0.120. The highest BCUT2D eigenvalue weighted by atomic mass is 16.5. The standard InChI is InChI=1S/C6H14O2.C4H8O/c1-2-3-4-5-6(7)8;1-2-4-5-3-1/h6-8H,2-5H2,1H3;1-4H2. The Kier molecular flexibility index (Phi) is 9.87. The second-order valence-electron chi connectivity index (χ2n) is 3.30. The van der Waals surface area contributed by atoms with Crippen LogP contribution >= 0.6 is 0 Å². The molecule has 1 aliphatic heterocycles. The minimum absolute atomic E-state index is 0.522. The Balaban J connectivity index is 0.000000243. The maximum absolute atomic E-state index is 8.33. The summed E-state index contributed by atoms with van der Waals surface area (Å²) in [4.78, 5) is 0. The van der Waals surface area contributed by atoms with Gasteiger partial charge < -0.3 is 14.9 Å². The number of ether oxygens (including phenoxy) is 1. The topological polar surface area (TPSA) is 49.7 Å². The van der Waals surface area contributed by atoms with E-state index in [1.54, 1.807) is 0 Å². The van der Waals surface area contributed by atoms with Gasteiger partial charge in [0, 0.05) is 13.2 Å². The summed E-state index contributed by atoms with van der Waals surface area (Å²) in [5.41, 5.74) is 0. The Labute approximate surface area is 80.7 Å². The molecule has 1 aliphatic rings. The fourth-order valence-corrected chi connectivity index (χ4v) is 1.09. The van der Waals surface area contributed by atoms with Crippen molar-refractivity contribution in [1.29, 1.82) is 0 Å². The SMILES string of the molecule is C1CCOC1.CCCCCC(O)O. The molecule has 0 aromatic carbocycles. The van der Waals surface area contributed by atoms with E-state index >= 15 is 0 Å². The van der Waals surface area contributed by atoms with Crippen LogP contribution in [0.3, 0.4) is 0 Å². The summed E-state index contributed by atoms with van der Waals surface area (Å²) in [6.07, 6.45) is 5.13. The number of rotatable bonds is 4. The van der Waals surface area contributed by atoms with E-state index in [4.69, 9.17) is 14.9 Å². The highest BCUT2D eigenvalue weighted by Crippen LogP contribution is 2.00. The summed E-state index contributed by atoms with van der Waals surface area (Å²) >= 11 is 0. The molecule has 1 saturated heterocycles. The van der Waals surface area contributed by atoms with Crippen molar-refractivity contribution in [2.75, 3.05) is 13.2 Å². The van der Waals surface area contributed by atoms with Gasteiger partial charge in [0.1, 0.15) is 0 Å². The number of hydrogen-bond acceptors (Lipinski definition) is 3. The van der Waals surface area contributed by atoms with Crippen LogP contribution in [0.4, 0.5) is 0 Å². The highest BCUT2D eigenvalue weighted by Gasteiger charge is 1.95. The molecule has 0 saturated carbocycles. The maximum atomic E-state index is 8.33. The molecule has 0 spiro atoms. The fourth-order valence-electron chi connectivity index (χ4n) is 1.09. The Bertz CT molecular complexity index is 82.6. The fraction of sp³-hybridized carbons (Fsp3) is 1.00. The average molecular weight is 190 g/mol. The Morgan fingerprint density at radius 1 is 1.15 bits per heavy atom. The van der Waals surface area contributed by atoms with Crippen LogP contribution in [-0.4, -0.2) is 29.7 Å². The highest BCUT2D eigenvalue weighted by molar-refractivity contribution is 4.43. The molecule has 0 radical (unpaired) electrons. The molecule has 3 heteroatoms. The normalized spacial score (nSPS) is 15.7. The van der Waals surface area contributed by atoms with Crippen molar-refractivity contribution in [3.63, 3.8) is 0 Å². The molecular formula is C10H22O3. The molecule has 0 aromatic heterocycles. The first-order chi connectivity index (χ1) is 6.27. The molecular weight excluding hydrogens is 168 g/mol. The summed E-state index contributed by atoms with van der Waals surface area (Å²) in [5, 5.41) is 16.7. The molecule has 13 heavy (non-hydrogen) atoms. The smallest absolute Gasteiger partial charge is 0.151 e. The zero-order valence-electron chi connectivity index (χ0n) is 8.54. The van der Waals surface area contributed by atoms with Crippen molar-refractivity contribution in [2.45, 2.75) is 51.7 Å². The van der Waals surface area contributed by atoms with E-state index in [1.165, 1.54) is 12.8 Å². The molecule has 1 rings (SSSR count). The molecule has 0 amide bonds. The molecule has 1 heterocycles. The number of unbranched alkanes of at least 4 members (excludes halogenated alkanes) is 2. The van der Waals surface area contributed by atoms with E-state index in [9.17, 15) is 0 Å². The maximum Gasteiger partial charge on any atom is 0.151 e. The Morgan fingerprint density at radius 2 is 1.77 bits per heavy atom. The summed E-state index contributed by atoms with van der Waals surface area (Å²) in [7, 11) is 0. The zero-order chi connectivity index (χ0) is 9.94. The average Bonchev–Trinajstić information content (AvgIpc) is 2.61. The molecule has 1 fully saturated rings. The summed E-state index contributed by atoms with van der Waals surface area (Å²) in [5.74, 6) is 0. The van der Waals surface area contributed by atoms with E-state index in [0.29, 0.717) is 6.42 Å². The van der Waals surface area contributed by atoms with E-state index in [2.05, 4.69) is 6.92 Å². The molecule has 80 valence electrons. The minimum atomic E-state index is -1.10. The van der Waals surface area contributed by atoms with Crippen LogP contribution in [0.5, 0.6) is 0 Å². The van der Waals surface area contributed by atoms with Crippen molar-refractivity contribution in [1.82, 2.24) is 0 Å². The summed E-state index contributed by atoms with van der Waals surface area (Å²) < 4.78 is 4.94. The van der Waals surface area contributed by atoms with Crippen molar-refractivity contribution in [3.05, 3.63) is 0 Å². The van der Waals surface area contributed by atoms with E-state index in [1.807, 2.05) is 0 Å². The lowest BCUT2D eigenvalue weighted by Crippen LogP contribution is -2.02. The van der Waals surface area contributed by atoms with Crippen LogP contribution in [0.15, 0.2) is 0 Å². The lowest BCUT2D eigenvalue weighted by Gasteiger charge is -1.99. The second kappa shape index (κ2) is 9.96. The van der Waals surface area contributed by atoms with Crippen molar-refractivity contribution in [2.24, 2.45) is 0 Å². The van der Waals surface area contributed by atoms with Crippen molar-refractivity contribution in [3.8, 4) is 0 Å². The molecule has 0 atom stereocenters. The van der Waals surface area contributed by atoms with Gasteiger partial charge in [-0.1, -0.05) is 19.8 Å². The van der Waals surface area contributed by atoms with Crippen molar-refractivity contribution >= 4 is 0 Å². The van der Waals surface area contributed by atoms with Gasteiger partial charge in [-0.3, -0.25) is 0 Å². The lowest BCUT2D eigenvalue weighted by atomic mass is 10.2. The quantitative estimate of drug-likeness (QED) is 0.524. The number of hydrogen-bond donors (Lipinski definition) is 2. The molecule has 0 bridgehead atoms. The van der Waals surface area contributed by atoms with Gasteiger partial charge in [0.05, 0.1) is 0 Å². The molecule has 0 unspecified atom stereocenters. The number of aliphatic hydroxyl groups excluding tert-OH is 1. The van der Waals surface area contributed by atoms with E-state index in [-0.39, 0.29) is 0 Å². The van der Waals surface area contributed by atoms with Crippen LogP contribution < -0.4 is 0 Å². The van der Waals surface area contributed by atoms with E-state index in [0.717, 1.165) is 32.5 Å². The third-order valence-electron chi connectivity index (χ3n) is 1.89. The van der Waals surface area contributed by atoms with Gasteiger partial charge in [0.2, 0.25) is 0 Å².